The monoisotopic (exact) mass is 573 g/mol. The van der Waals surface area contributed by atoms with Crippen molar-refractivity contribution in [3.63, 3.8) is 0 Å². The average molecular weight is 574 g/mol. The zero-order chi connectivity index (χ0) is 30.1. The zero-order valence-corrected chi connectivity index (χ0v) is 23.1. The molecule has 1 aliphatic rings. The van der Waals surface area contributed by atoms with Gasteiger partial charge in [0.2, 0.25) is 0 Å². The molecule has 0 radical (unpaired) electrons. The SMILES string of the molecule is NC(=O)N(CC(=O)N(Cc1ccccc1)NC(=O)[C@@H]1CCCN1C(=O)N(N)Cc1ccc(O)cc1)Cc1ccccc1. The Bertz CT molecular complexity index is 1370. The van der Waals surface area contributed by atoms with Crippen LogP contribution in [0.2, 0.25) is 0 Å². The molecule has 12 nitrogen and oxygen atoms in total. The number of amides is 6. The van der Waals surface area contributed by atoms with Crippen LogP contribution < -0.4 is 17.0 Å². The number of likely N-dealkylation sites (tertiary alicyclic amines) is 1. The first-order chi connectivity index (χ1) is 20.2. The van der Waals surface area contributed by atoms with Crippen LogP contribution in [-0.2, 0) is 29.2 Å². The average Bonchev–Trinajstić information content (AvgIpc) is 3.48. The number of hydrogen-bond acceptors (Lipinski definition) is 6. The van der Waals surface area contributed by atoms with Crippen molar-refractivity contribution in [2.45, 2.75) is 38.5 Å². The largest absolute Gasteiger partial charge is 0.508 e. The van der Waals surface area contributed by atoms with E-state index in [4.69, 9.17) is 11.6 Å². The van der Waals surface area contributed by atoms with E-state index in [1.165, 1.54) is 21.9 Å². The van der Waals surface area contributed by atoms with Gasteiger partial charge in [0.05, 0.1) is 13.1 Å². The number of primary amides is 1. The number of phenolic OH excluding ortho intramolecular Hbond substituents is 1. The number of nitrogens with zero attached hydrogens (tertiary/aromatic N) is 4. The number of rotatable bonds is 9. The van der Waals surface area contributed by atoms with Crippen LogP contribution in [0.3, 0.4) is 0 Å². The zero-order valence-electron chi connectivity index (χ0n) is 23.1. The van der Waals surface area contributed by atoms with Crippen molar-refractivity contribution in [1.29, 1.82) is 0 Å². The molecule has 6 N–H and O–H groups in total. The summed E-state index contributed by atoms with van der Waals surface area (Å²) in [4.78, 5) is 55.0. The second-order valence-corrected chi connectivity index (χ2v) is 10.0. The van der Waals surface area contributed by atoms with E-state index in [1.807, 2.05) is 60.7 Å². The minimum atomic E-state index is -0.856. The van der Waals surface area contributed by atoms with Gasteiger partial charge in [-0.2, -0.15) is 0 Å². The number of carbonyl (C=O) groups is 4. The van der Waals surface area contributed by atoms with Crippen molar-refractivity contribution in [3.8, 4) is 5.75 Å². The number of urea groups is 2. The van der Waals surface area contributed by atoms with Gasteiger partial charge in [-0.25, -0.2) is 20.4 Å². The fraction of sp³-hybridized carbons (Fsp3) is 0.267. The highest BCUT2D eigenvalue weighted by molar-refractivity contribution is 5.90. The topological polar surface area (TPSA) is 166 Å². The second-order valence-electron chi connectivity index (χ2n) is 10.0. The molecular weight excluding hydrogens is 538 g/mol. The summed E-state index contributed by atoms with van der Waals surface area (Å²) in [7, 11) is 0. The number of benzene rings is 3. The Morgan fingerprint density at radius 1 is 0.833 bits per heavy atom. The highest BCUT2D eigenvalue weighted by Crippen LogP contribution is 2.20. The lowest BCUT2D eigenvalue weighted by molar-refractivity contribution is -0.144. The quantitative estimate of drug-likeness (QED) is 0.174. The van der Waals surface area contributed by atoms with Crippen LogP contribution >= 0.6 is 0 Å². The number of nitrogens with one attached hydrogen (secondary N) is 1. The van der Waals surface area contributed by atoms with Crippen molar-refractivity contribution in [3.05, 3.63) is 102 Å². The Kier molecular flexibility index (Phi) is 9.95. The summed E-state index contributed by atoms with van der Waals surface area (Å²) < 4.78 is 0. The summed E-state index contributed by atoms with van der Waals surface area (Å²) >= 11 is 0. The maximum absolute atomic E-state index is 13.5. The van der Waals surface area contributed by atoms with E-state index >= 15 is 0 Å². The number of hydrazine groups is 2. The number of nitrogens with two attached hydrogens (primary N) is 2. The third kappa shape index (κ3) is 7.98. The van der Waals surface area contributed by atoms with E-state index in [2.05, 4.69) is 5.43 Å². The molecule has 6 amide bonds. The van der Waals surface area contributed by atoms with Crippen molar-refractivity contribution < 1.29 is 24.3 Å². The molecule has 42 heavy (non-hydrogen) atoms. The van der Waals surface area contributed by atoms with Crippen LogP contribution in [0.4, 0.5) is 9.59 Å². The van der Waals surface area contributed by atoms with Crippen molar-refractivity contribution >= 4 is 23.9 Å². The number of hydrogen-bond donors (Lipinski definition) is 4. The normalized spacial score (nSPS) is 14.2. The lowest BCUT2D eigenvalue weighted by Gasteiger charge is -2.31. The molecular formula is C30H35N7O5. The highest BCUT2D eigenvalue weighted by Gasteiger charge is 2.37. The van der Waals surface area contributed by atoms with Crippen molar-refractivity contribution in [1.82, 2.24) is 25.2 Å². The smallest absolute Gasteiger partial charge is 0.335 e. The molecule has 3 aromatic rings. The molecule has 0 unspecified atom stereocenters. The standard InChI is InChI=1S/C30H35N7O5/c31-29(41)34(18-22-8-3-1-4-9-22)21-27(39)37(20-23-10-5-2-6-11-23)33-28(40)26-12-7-17-35(26)30(42)36(32)19-24-13-15-25(38)16-14-24/h1-6,8-11,13-16,26,38H,7,12,17-21,32H2,(H2,31,41)(H,33,40)/t26-/m0/s1. The lowest BCUT2D eigenvalue weighted by Crippen LogP contribution is -2.57. The molecule has 3 aromatic carbocycles. The summed E-state index contributed by atoms with van der Waals surface area (Å²) in [5, 5.41) is 11.7. The fourth-order valence-corrected chi connectivity index (χ4v) is 4.73. The summed E-state index contributed by atoms with van der Waals surface area (Å²) in [5.74, 6) is 5.06. The third-order valence-corrected chi connectivity index (χ3v) is 6.92. The van der Waals surface area contributed by atoms with Crippen LogP contribution in [0.5, 0.6) is 5.75 Å². The third-order valence-electron chi connectivity index (χ3n) is 6.92. The molecule has 12 heteroatoms. The van der Waals surface area contributed by atoms with Crippen LogP contribution in [0, 0.1) is 0 Å². The molecule has 1 aliphatic heterocycles. The Morgan fingerprint density at radius 3 is 2.00 bits per heavy atom. The predicted octanol–water partition coefficient (Wildman–Crippen LogP) is 2.29. The van der Waals surface area contributed by atoms with E-state index < -0.39 is 29.9 Å². The van der Waals surface area contributed by atoms with Gasteiger partial charge in [-0.05, 0) is 41.7 Å². The number of phenols is 1. The van der Waals surface area contributed by atoms with Crippen LogP contribution in [0.1, 0.15) is 29.5 Å². The van der Waals surface area contributed by atoms with Crippen molar-refractivity contribution in [2.24, 2.45) is 11.6 Å². The minimum absolute atomic E-state index is 0.0356. The Labute approximate surface area is 244 Å². The van der Waals surface area contributed by atoms with Gasteiger partial charge < -0.3 is 20.6 Å². The molecule has 220 valence electrons. The van der Waals surface area contributed by atoms with E-state index in [0.717, 1.165) is 21.1 Å². The van der Waals surface area contributed by atoms with Gasteiger partial charge in [0.15, 0.2) is 0 Å². The molecule has 0 saturated carbocycles. The molecule has 0 spiro atoms. The molecule has 0 aromatic heterocycles. The van der Waals surface area contributed by atoms with Gasteiger partial charge in [0.25, 0.3) is 11.8 Å². The van der Waals surface area contributed by atoms with Gasteiger partial charge in [0, 0.05) is 13.1 Å². The Hall–Kier alpha value is -5.10. The first-order valence-corrected chi connectivity index (χ1v) is 13.5. The Balaban J connectivity index is 1.46. The fourth-order valence-electron chi connectivity index (χ4n) is 4.73. The van der Waals surface area contributed by atoms with Gasteiger partial charge in [-0.3, -0.25) is 20.0 Å². The van der Waals surface area contributed by atoms with Gasteiger partial charge in [-0.15, -0.1) is 0 Å². The maximum Gasteiger partial charge on any atom is 0.335 e. The van der Waals surface area contributed by atoms with Crippen molar-refractivity contribution in [2.75, 3.05) is 13.1 Å². The predicted molar refractivity (Wildman–Crippen MR) is 155 cm³/mol. The first-order valence-electron chi connectivity index (χ1n) is 13.5. The van der Waals surface area contributed by atoms with E-state index in [0.29, 0.717) is 24.9 Å². The van der Waals surface area contributed by atoms with Crippen LogP contribution in [0.25, 0.3) is 0 Å². The van der Waals surface area contributed by atoms with E-state index in [1.54, 1.807) is 12.1 Å². The molecule has 0 aliphatic carbocycles. The summed E-state index contributed by atoms with van der Waals surface area (Å²) in [6, 6.07) is 22.3. The molecule has 4 rings (SSSR count). The Morgan fingerprint density at radius 2 is 1.40 bits per heavy atom. The maximum atomic E-state index is 13.5. The molecule has 1 heterocycles. The van der Waals surface area contributed by atoms with Gasteiger partial charge >= 0.3 is 12.1 Å². The summed E-state index contributed by atoms with van der Waals surface area (Å²) in [6.07, 6.45) is 0.968. The van der Waals surface area contributed by atoms with E-state index in [-0.39, 0.29) is 31.9 Å². The molecule has 1 fully saturated rings. The van der Waals surface area contributed by atoms with Gasteiger partial charge in [0.1, 0.15) is 18.3 Å². The second kappa shape index (κ2) is 14.0. The summed E-state index contributed by atoms with van der Waals surface area (Å²) in [6.45, 7) is 0.182. The van der Waals surface area contributed by atoms with Gasteiger partial charge in [-0.1, -0.05) is 72.8 Å². The van der Waals surface area contributed by atoms with E-state index in [9.17, 15) is 24.3 Å². The van der Waals surface area contributed by atoms with Crippen LogP contribution in [0.15, 0.2) is 84.9 Å². The first kappa shape index (κ1) is 29.9. The minimum Gasteiger partial charge on any atom is -0.508 e. The number of carbonyl (C=O) groups excluding carboxylic acids is 4. The van der Waals surface area contributed by atoms with Crippen LogP contribution in [-0.4, -0.2) is 67.9 Å². The molecule has 0 bridgehead atoms. The molecule has 1 saturated heterocycles. The lowest BCUT2D eigenvalue weighted by atomic mass is 10.2. The highest BCUT2D eigenvalue weighted by atomic mass is 16.3. The molecule has 1 atom stereocenters. The number of aromatic hydroxyl groups is 1. The summed E-state index contributed by atoms with van der Waals surface area (Å²) in [5.41, 5.74) is 10.5.